The number of benzene rings is 1. The molecular weight excluding hydrogens is 248 g/mol. The normalized spacial score (nSPS) is 22.2. The Morgan fingerprint density at radius 2 is 2.26 bits per heavy atom. The molecule has 0 radical (unpaired) electrons. The minimum absolute atomic E-state index is 0.0858. The van der Waals surface area contributed by atoms with Gasteiger partial charge in [0, 0.05) is 30.2 Å². The highest BCUT2D eigenvalue weighted by Gasteiger charge is 2.25. The van der Waals surface area contributed by atoms with Gasteiger partial charge in [0.15, 0.2) is 0 Å². The minimum Gasteiger partial charge on any atom is -0.393 e. The summed E-state index contributed by atoms with van der Waals surface area (Å²) in [5.74, 6) is -0.259. The molecule has 1 saturated carbocycles. The highest BCUT2D eigenvalue weighted by atomic mass is 16.6. The van der Waals surface area contributed by atoms with Gasteiger partial charge < -0.3 is 10.4 Å². The highest BCUT2D eigenvalue weighted by Crippen LogP contribution is 2.24. The fourth-order valence-electron chi connectivity index (χ4n) is 2.34. The SMILES string of the molecule is O=C(NCC1CCCC1O)c1cccc([N+](=O)[O-])c1. The van der Waals surface area contributed by atoms with E-state index in [2.05, 4.69) is 5.32 Å². The second-order valence-electron chi connectivity index (χ2n) is 4.78. The van der Waals surface area contributed by atoms with E-state index in [1.54, 1.807) is 0 Å². The van der Waals surface area contributed by atoms with E-state index < -0.39 is 4.92 Å². The molecule has 19 heavy (non-hydrogen) atoms. The van der Waals surface area contributed by atoms with Crippen molar-refractivity contribution in [1.82, 2.24) is 5.32 Å². The van der Waals surface area contributed by atoms with Crippen LogP contribution in [-0.2, 0) is 0 Å². The number of carbonyl (C=O) groups is 1. The molecular formula is C13H16N2O4. The molecule has 0 spiro atoms. The highest BCUT2D eigenvalue weighted by molar-refractivity contribution is 5.94. The molecule has 0 aliphatic heterocycles. The number of rotatable bonds is 4. The molecule has 0 heterocycles. The van der Waals surface area contributed by atoms with Crippen LogP contribution in [0.3, 0.4) is 0 Å². The van der Waals surface area contributed by atoms with Crippen LogP contribution in [0.15, 0.2) is 24.3 Å². The first kappa shape index (κ1) is 13.5. The van der Waals surface area contributed by atoms with Crippen LogP contribution in [0, 0.1) is 16.0 Å². The molecule has 2 atom stereocenters. The monoisotopic (exact) mass is 264 g/mol. The van der Waals surface area contributed by atoms with E-state index in [9.17, 15) is 20.0 Å². The molecule has 2 rings (SSSR count). The first-order valence-electron chi connectivity index (χ1n) is 6.28. The van der Waals surface area contributed by atoms with Crippen LogP contribution in [0.25, 0.3) is 0 Å². The van der Waals surface area contributed by atoms with E-state index in [-0.39, 0.29) is 29.2 Å². The first-order valence-corrected chi connectivity index (χ1v) is 6.28. The third-order valence-corrected chi connectivity index (χ3v) is 3.46. The van der Waals surface area contributed by atoms with Gasteiger partial charge in [0.05, 0.1) is 11.0 Å². The first-order chi connectivity index (χ1) is 9.08. The van der Waals surface area contributed by atoms with Crippen molar-refractivity contribution >= 4 is 11.6 Å². The summed E-state index contributed by atoms with van der Waals surface area (Å²) in [7, 11) is 0. The Balaban J connectivity index is 1.96. The maximum atomic E-state index is 11.9. The number of nitrogens with zero attached hydrogens (tertiary/aromatic N) is 1. The maximum absolute atomic E-state index is 11.9. The van der Waals surface area contributed by atoms with Crippen molar-refractivity contribution in [3.63, 3.8) is 0 Å². The molecule has 1 aliphatic rings. The van der Waals surface area contributed by atoms with Gasteiger partial charge in [0.1, 0.15) is 0 Å². The zero-order chi connectivity index (χ0) is 13.8. The Morgan fingerprint density at radius 3 is 2.89 bits per heavy atom. The Kier molecular flexibility index (Phi) is 4.11. The van der Waals surface area contributed by atoms with Gasteiger partial charge in [-0.2, -0.15) is 0 Å². The summed E-state index contributed by atoms with van der Waals surface area (Å²) in [5.41, 5.74) is 0.162. The van der Waals surface area contributed by atoms with Gasteiger partial charge in [0.2, 0.25) is 0 Å². The lowest BCUT2D eigenvalue weighted by molar-refractivity contribution is -0.384. The minimum atomic E-state index is -0.530. The van der Waals surface area contributed by atoms with Gasteiger partial charge in [0.25, 0.3) is 11.6 Å². The maximum Gasteiger partial charge on any atom is 0.270 e. The Hall–Kier alpha value is -1.95. The van der Waals surface area contributed by atoms with Gasteiger partial charge in [-0.25, -0.2) is 0 Å². The second kappa shape index (κ2) is 5.79. The summed E-state index contributed by atoms with van der Waals surface area (Å²) in [5, 5.41) is 23.0. The van der Waals surface area contributed by atoms with Crippen molar-refractivity contribution in [3.05, 3.63) is 39.9 Å². The van der Waals surface area contributed by atoms with Gasteiger partial charge >= 0.3 is 0 Å². The number of amides is 1. The lowest BCUT2D eigenvalue weighted by atomic mass is 10.1. The van der Waals surface area contributed by atoms with E-state index >= 15 is 0 Å². The van der Waals surface area contributed by atoms with Gasteiger partial charge in [-0.05, 0) is 18.9 Å². The number of aliphatic hydroxyl groups is 1. The number of nitrogens with one attached hydrogen (secondary N) is 1. The van der Waals surface area contributed by atoms with E-state index in [0.29, 0.717) is 6.54 Å². The molecule has 0 aromatic heterocycles. The summed E-state index contributed by atoms with van der Waals surface area (Å²) in [4.78, 5) is 22.0. The molecule has 0 saturated heterocycles. The summed E-state index contributed by atoms with van der Waals surface area (Å²) >= 11 is 0. The number of nitro benzene ring substituents is 1. The predicted octanol–water partition coefficient (Wildman–Crippen LogP) is 1.49. The van der Waals surface area contributed by atoms with Crippen molar-refractivity contribution in [1.29, 1.82) is 0 Å². The molecule has 1 amide bonds. The van der Waals surface area contributed by atoms with Crippen LogP contribution in [0.2, 0.25) is 0 Å². The number of hydrogen-bond acceptors (Lipinski definition) is 4. The average Bonchev–Trinajstić information content (AvgIpc) is 2.81. The number of nitro groups is 1. The van der Waals surface area contributed by atoms with Crippen LogP contribution < -0.4 is 5.32 Å². The number of non-ortho nitro benzene ring substituents is 1. The van der Waals surface area contributed by atoms with Crippen LogP contribution in [0.1, 0.15) is 29.6 Å². The van der Waals surface area contributed by atoms with Crippen LogP contribution in [0.5, 0.6) is 0 Å². The van der Waals surface area contributed by atoms with Gasteiger partial charge in [-0.1, -0.05) is 12.5 Å². The zero-order valence-electron chi connectivity index (χ0n) is 10.4. The average molecular weight is 264 g/mol. The molecule has 2 N–H and O–H groups in total. The lowest BCUT2D eigenvalue weighted by Crippen LogP contribution is -2.32. The summed E-state index contributed by atoms with van der Waals surface area (Å²) in [6.07, 6.45) is 2.29. The van der Waals surface area contributed by atoms with Gasteiger partial charge in [-0.15, -0.1) is 0 Å². The molecule has 6 nitrogen and oxygen atoms in total. The molecule has 6 heteroatoms. The van der Waals surface area contributed by atoms with Crippen molar-refractivity contribution in [3.8, 4) is 0 Å². The smallest absolute Gasteiger partial charge is 0.270 e. The molecule has 1 fully saturated rings. The topological polar surface area (TPSA) is 92.5 Å². The quantitative estimate of drug-likeness (QED) is 0.636. The van der Waals surface area contributed by atoms with Crippen molar-refractivity contribution in [2.24, 2.45) is 5.92 Å². The summed E-state index contributed by atoms with van der Waals surface area (Å²) in [6, 6.07) is 5.61. The second-order valence-corrected chi connectivity index (χ2v) is 4.78. The Morgan fingerprint density at radius 1 is 1.47 bits per heavy atom. The molecule has 1 aromatic rings. The molecule has 1 aromatic carbocycles. The van der Waals surface area contributed by atoms with Crippen molar-refractivity contribution in [2.45, 2.75) is 25.4 Å². The van der Waals surface area contributed by atoms with E-state index in [1.807, 2.05) is 0 Å². The van der Waals surface area contributed by atoms with E-state index in [4.69, 9.17) is 0 Å². The fourth-order valence-corrected chi connectivity index (χ4v) is 2.34. The third kappa shape index (κ3) is 3.29. The van der Waals surface area contributed by atoms with Crippen LogP contribution >= 0.6 is 0 Å². The lowest BCUT2D eigenvalue weighted by Gasteiger charge is -2.14. The number of carbonyl (C=O) groups excluding carboxylic acids is 1. The third-order valence-electron chi connectivity index (χ3n) is 3.46. The van der Waals surface area contributed by atoms with Crippen molar-refractivity contribution < 1.29 is 14.8 Å². The molecule has 0 bridgehead atoms. The number of hydrogen-bond donors (Lipinski definition) is 2. The largest absolute Gasteiger partial charge is 0.393 e. The molecule has 102 valence electrons. The summed E-state index contributed by atoms with van der Waals surface area (Å²) in [6.45, 7) is 0.405. The Labute approximate surface area is 110 Å². The standard InChI is InChI=1S/C13H16N2O4/c16-12-6-2-4-10(12)8-14-13(17)9-3-1-5-11(7-9)15(18)19/h1,3,5,7,10,12,16H,2,4,6,8H2,(H,14,17). The predicted molar refractivity (Wildman–Crippen MR) is 68.8 cm³/mol. The van der Waals surface area contributed by atoms with Gasteiger partial charge in [-0.3, -0.25) is 14.9 Å². The molecule has 2 unspecified atom stereocenters. The fraction of sp³-hybridized carbons (Fsp3) is 0.462. The van der Waals surface area contributed by atoms with Crippen LogP contribution in [0.4, 0.5) is 5.69 Å². The molecule has 1 aliphatic carbocycles. The number of aliphatic hydroxyl groups excluding tert-OH is 1. The van der Waals surface area contributed by atoms with E-state index in [0.717, 1.165) is 19.3 Å². The zero-order valence-corrected chi connectivity index (χ0v) is 10.4. The summed E-state index contributed by atoms with van der Waals surface area (Å²) < 4.78 is 0. The van der Waals surface area contributed by atoms with E-state index in [1.165, 1.54) is 24.3 Å². The van der Waals surface area contributed by atoms with Crippen molar-refractivity contribution in [2.75, 3.05) is 6.54 Å². The Bertz CT molecular complexity index is 489. The van der Waals surface area contributed by atoms with Crippen LogP contribution in [-0.4, -0.2) is 28.6 Å².